The van der Waals surface area contributed by atoms with E-state index in [0.29, 0.717) is 11.3 Å². The van der Waals surface area contributed by atoms with E-state index in [4.69, 9.17) is 14.2 Å². The summed E-state index contributed by atoms with van der Waals surface area (Å²) >= 11 is 0. The molecule has 0 fully saturated rings. The van der Waals surface area contributed by atoms with Crippen molar-refractivity contribution in [3.63, 3.8) is 0 Å². The summed E-state index contributed by atoms with van der Waals surface area (Å²) < 4.78 is 44.9. The molecule has 29 heavy (non-hydrogen) atoms. The molecule has 0 N–H and O–H groups in total. The van der Waals surface area contributed by atoms with E-state index in [-0.39, 0.29) is 17.1 Å². The Morgan fingerprint density at radius 3 is 2.28 bits per heavy atom. The highest BCUT2D eigenvalue weighted by atomic mass is 19.3. The Bertz CT molecular complexity index is 877. The van der Waals surface area contributed by atoms with Crippen LogP contribution in [0.5, 0.6) is 17.2 Å². The number of ether oxygens (including phenoxy) is 4. The highest BCUT2D eigenvalue weighted by molar-refractivity contribution is 6.01. The van der Waals surface area contributed by atoms with Gasteiger partial charge in [0, 0.05) is 17.2 Å². The maximum atomic E-state index is 12.6. The number of benzene rings is 2. The third kappa shape index (κ3) is 6.03. The van der Waals surface area contributed by atoms with Gasteiger partial charge in [-0.25, -0.2) is 4.79 Å². The van der Waals surface area contributed by atoms with Crippen LogP contribution in [0, 0.1) is 0 Å². The molecule has 1 atom stereocenters. The average Bonchev–Trinajstić information content (AvgIpc) is 2.72. The molecular formula is C21H20F2O6. The molecule has 2 aromatic carbocycles. The first-order valence-electron chi connectivity index (χ1n) is 8.54. The molecule has 0 radical (unpaired) electrons. The lowest BCUT2D eigenvalue weighted by Gasteiger charge is -2.13. The van der Waals surface area contributed by atoms with Gasteiger partial charge in [0.2, 0.25) is 5.78 Å². The summed E-state index contributed by atoms with van der Waals surface area (Å²) in [6.07, 6.45) is 1.22. The van der Waals surface area contributed by atoms with E-state index in [2.05, 4.69) is 4.74 Å². The summed E-state index contributed by atoms with van der Waals surface area (Å²) in [6, 6.07) is 10.8. The number of halogens is 2. The fourth-order valence-electron chi connectivity index (χ4n) is 2.45. The van der Waals surface area contributed by atoms with E-state index < -0.39 is 24.5 Å². The van der Waals surface area contributed by atoms with Crippen LogP contribution in [0.1, 0.15) is 22.8 Å². The quantitative estimate of drug-likeness (QED) is 0.354. The Labute approximate surface area is 166 Å². The summed E-state index contributed by atoms with van der Waals surface area (Å²) in [5, 5.41) is 0. The molecule has 0 bridgehead atoms. The summed E-state index contributed by atoms with van der Waals surface area (Å²) in [5.74, 6) is -0.739. The maximum absolute atomic E-state index is 12.6. The molecule has 0 spiro atoms. The Balaban J connectivity index is 2.08. The summed E-state index contributed by atoms with van der Waals surface area (Å²) in [4.78, 5) is 24.4. The molecule has 0 unspecified atom stereocenters. The second-order valence-electron chi connectivity index (χ2n) is 5.76. The molecule has 0 aromatic heterocycles. The van der Waals surface area contributed by atoms with Crippen LogP contribution in [-0.4, -0.2) is 38.7 Å². The van der Waals surface area contributed by atoms with E-state index in [9.17, 15) is 18.4 Å². The molecule has 2 aromatic rings. The van der Waals surface area contributed by atoms with Crippen molar-refractivity contribution in [2.45, 2.75) is 19.6 Å². The largest absolute Gasteiger partial charge is 0.497 e. The minimum absolute atomic E-state index is 0.0869. The van der Waals surface area contributed by atoms with E-state index in [1.165, 1.54) is 39.4 Å². The zero-order chi connectivity index (χ0) is 21.4. The minimum atomic E-state index is -3.06. The standard InChI is InChI=1S/C21H20F2O6/c1-13(19(25)14-7-10-16(26-2)11-8-14)28-18(24)12-9-15-5-4-6-17(27-3)20(15)29-21(22)23/h4-13,21H,1-3H3/b12-9+/t13-/m0/s1. The zero-order valence-electron chi connectivity index (χ0n) is 16.1. The molecule has 154 valence electrons. The topological polar surface area (TPSA) is 71.1 Å². The predicted molar refractivity (Wildman–Crippen MR) is 102 cm³/mol. The highest BCUT2D eigenvalue weighted by Gasteiger charge is 2.19. The average molecular weight is 406 g/mol. The number of rotatable bonds is 9. The lowest BCUT2D eigenvalue weighted by atomic mass is 10.1. The molecule has 6 nitrogen and oxygen atoms in total. The molecule has 8 heteroatoms. The van der Waals surface area contributed by atoms with Gasteiger partial charge in [0.15, 0.2) is 17.6 Å². The number of ketones is 1. The van der Waals surface area contributed by atoms with Crippen LogP contribution in [0.25, 0.3) is 6.08 Å². The maximum Gasteiger partial charge on any atom is 0.387 e. The SMILES string of the molecule is COc1ccc(C(=O)[C@H](C)OC(=O)/C=C/c2cccc(OC)c2OC(F)F)cc1. The predicted octanol–water partition coefficient (Wildman–Crippen LogP) is 4.13. The van der Waals surface area contributed by atoms with Crippen LogP contribution in [0.4, 0.5) is 8.78 Å². The number of carbonyl (C=O) groups excluding carboxylic acids is 2. The molecule has 0 saturated carbocycles. The summed E-state index contributed by atoms with van der Waals surface area (Å²) in [5.41, 5.74) is 0.547. The Hall–Kier alpha value is -3.42. The fourth-order valence-corrected chi connectivity index (χ4v) is 2.45. The third-order valence-corrected chi connectivity index (χ3v) is 3.87. The van der Waals surface area contributed by atoms with Crippen molar-refractivity contribution in [3.8, 4) is 17.2 Å². The van der Waals surface area contributed by atoms with Crippen LogP contribution in [0.2, 0.25) is 0 Å². The lowest BCUT2D eigenvalue weighted by molar-refractivity contribution is -0.140. The number of hydrogen-bond acceptors (Lipinski definition) is 6. The van der Waals surface area contributed by atoms with Gasteiger partial charge in [0.25, 0.3) is 0 Å². The Morgan fingerprint density at radius 1 is 1.00 bits per heavy atom. The first-order chi connectivity index (χ1) is 13.8. The van der Waals surface area contributed by atoms with E-state index in [1.807, 2.05) is 0 Å². The van der Waals surface area contributed by atoms with Gasteiger partial charge in [-0.3, -0.25) is 4.79 Å². The number of esters is 1. The number of methoxy groups -OCH3 is 2. The second-order valence-corrected chi connectivity index (χ2v) is 5.76. The van der Waals surface area contributed by atoms with Crippen LogP contribution >= 0.6 is 0 Å². The first kappa shape index (κ1) is 21.9. The van der Waals surface area contributed by atoms with Gasteiger partial charge < -0.3 is 18.9 Å². The molecule has 0 heterocycles. The fraction of sp³-hybridized carbons (Fsp3) is 0.238. The van der Waals surface area contributed by atoms with Crippen molar-refractivity contribution < 1.29 is 37.3 Å². The van der Waals surface area contributed by atoms with Gasteiger partial charge in [0.05, 0.1) is 14.2 Å². The van der Waals surface area contributed by atoms with Crippen LogP contribution in [0.3, 0.4) is 0 Å². The number of para-hydroxylation sites is 1. The van der Waals surface area contributed by atoms with Gasteiger partial charge in [-0.05, 0) is 43.3 Å². The first-order valence-corrected chi connectivity index (χ1v) is 8.54. The number of Topliss-reactive ketones (excluding diaryl/α,β-unsaturated/α-hetero) is 1. The van der Waals surface area contributed by atoms with Crippen molar-refractivity contribution >= 4 is 17.8 Å². The van der Waals surface area contributed by atoms with Crippen molar-refractivity contribution in [1.29, 1.82) is 0 Å². The molecule has 0 aliphatic heterocycles. The van der Waals surface area contributed by atoms with Gasteiger partial charge >= 0.3 is 12.6 Å². The number of alkyl halides is 2. The van der Waals surface area contributed by atoms with E-state index in [1.54, 1.807) is 30.3 Å². The number of hydrogen-bond donors (Lipinski definition) is 0. The van der Waals surface area contributed by atoms with Gasteiger partial charge in [-0.15, -0.1) is 0 Å². The Morgan fingerprint density at radius 2 is 1.69 bits per heavy atom. The molecule has 0 saturated heterocycles. The Kier molecular flexibility index (Phi) is 7.70. The molecular weight excluding hydrogens is 386 g/mol. The number of carbonyl (C=O) groups is 2. The van der Waals surface area contributed by atoms with E-state index in [0.717, 1.165) is 6.08 Å². The van der Waals surface area contributed by atoms with Crippen LogP contribution in [-0.2, 0) is 9.53 Å². The monoisotopic (exact) mass is 406 g/mol. The molecule has 0 aliphatic carbocycles. The summed E-state index contributed by atoms with van der Waals surface area (Å²) in [7, 11) is 2.82. The van der Waals surface area contributed by atoms with Gasteiger partial charge in [0.1, 0.15) is 5.75 Å². The van der Waals surface area contributed by atoms with Crippen molar-refractivity contribution in [2.75, 3.05) is 14.2 Å². The summed E-state index contributed by atoms with van der Waals surface area (Å²) in [6.45, 7) is -1.62. The molecule has 2 rings (SSSR count). The smallest absolute Gasteiger partial charge is 0.387 e. The third-order valence-electron chi connectivity index (χ3n) is 3.87. The lowest BCUT2D eigenvalue weighted by Crippen LogP contribution is -2.23. The second kappa shape index (κ2) is 10.2. The normalized spacial score (nSPS) is 11.9. The zero-order valence-corrected chi connectivity index (χ0v) is 16.1. The molecule has 0 amide bonds. The minimum Gasteiger partial charge on any atom is -0.497 e. The highest BCUT2D eigenvalue weighted by Crippen LogP contribution is 2.33. The van der Waals surface area contributed by atoms with Crippen molar-refractivity contribution in [3.05, 3.63) is 59.7 Å². The van der Waals surface area contributed by atoms with Crippen molar-refractivity contribution in [2.24, 2.45) is 0 Å². The van der Waals surface area contributed by atoms with Gasteiger partial charge in [-0.2, -0.15) is 8.78 Å². The van der Waals surface area contributed by atoms with E-state index >= 15 is 0 Å². The van der Waals surface area contributed by atoms with Gasteiger partial charge in [-0.1, -0.05) is 12.1 Å². The van der Waals surface area contributed by atoms with Crippen LogP contribution < -0.4 is 14.2 Å². The van der Waals surface area contributed by atoms with Crippen LogP contribution in [0.15, 0.2) is 48.5 Å². The molecule has 0 aliphatic rings. The van der Waals surface area contributed by atoms with Crippen molar-refractivity contribution in [1.82, 2.24) is 0 Å².